The molecule has 2 aromatic rings. The molecule has 1 aromatic heterocycles. The number of pyridine rings is 1. The molecule has 0 fully saturated rings. The lowest BCUT2D eigenvalue weighted by Crippen LogP contribution is -2.40. The summed E-state index contributed by atoms with van der Waals surface area (Å²) in [5, 5.41) is 4.88. The van der Waals surface area contributed by atoms with Crippen LogP contribution in [0.1, 0.15) is 29.9 Å². The second kappa shape index (κ2) is 8.69. The number of amides is 2. The summed E-state index contributed by atoms with van der Waals surface area (Å²) in [6.45, 7) is 3.16. The Bertz CT molecular complexity index is 1050. The highest BCUT2D eigenvalue weighted by Crippen LogP contribution is 2.31. The third kappa shape index (κ3) is 5.47. The van der Waals surface area contributed by atoms with E-state index in [2.05, 4.69) is 15.6 Å². The van der Waals surface area contributed by atoms with Crippen molar-refractivity contribution in [3.8, 4) is 0 Å². The van der Waals surface area contributed by atoms with Gasteiger partial charge in [0.25, 0.3) is 5.91 Å². The Balaban J connectivity index is 2.21. The zero-order chi connectivity index (χ0) is 22.7. The van der Waals surface area contributed by atoms with Gasteiger partial charge < -0.3 is 16.4 Å². The number of benzene rings is 1. The molecular weight excluding hydrogens is 425 g/mol. The number of halogens is 3. The summed E-state index contributed by atoms with van der Waals surface area (Å²) in [7, 11) is -4.21. The first kappa shape index (κ1) is 23.1. The van der Waals surface area contributed by atoms with Gasteiger partial charge in [0.15, 0.2) is 5.69 Å². The van der Waals surface area contributed by atoms with E-state index in [1.807, 2.05) is 0 Å². The summed E-state index contributed by atoms with van der Waals surface area (Å²) >= 11 is 0. The lowest BCUT2D eigenvalue weighted by Gasteiger charge is -2.11. The third-order valence-electron chi connectivity index (χ3n) is 3.77. The van der Waals surface area contributed by atoms with Gasteiger partial charge in [0.05, 0.1) is 27.6 Å². The standard InChI is InChI=1S/C18H19F3N4O4S/c1-10(2)25-15(26)9-24-17(27)16-14(22)7-13(8-23-16)30(28,29)12-5-3-11(4-6-12)18(19,20)21/h3-8,10H,9,22H2,1-2H3,(H,24,27)(H,25,26). The Kier molecular flexibility index (Phi) is 6.70. The summed E-state index contributed by atoms with van der Waals surface area (Å²) in [5.74, 6) is -1.22. The molecule has 0 radical (unpaired) electrons. The first-order chi connectivity index (χ1) is 13.8. The molecule has 0 aliphatic heterocycles. The average molecular weight is 444 g/mol. The van der Waals surface area contributed by atoms with Gasteiger partial charge in [-0.05, 0) is 44.2 Å². The molecule has 0 atom stereocenters. The van der Waals surface area contributed by atoms with Gasteiger partial charge in [-0.3, -0.25) is 9.59 Å². The van der Waals surface area contributed by atoms with Gasteiger partial charge in [-0.2, -0.15) is 13.2 Å². The zero-order valence-electron chi connectivity index (χ0n) is 15.9. The highest BCUT2D eigenvalue weighted by atomic mass is 32.2. The van der Waals surface area contributed by atoms with Gasteiger partial charge in [-0.15, -0.1) is 0 Å². The zero-order valence-corrected chi connectivity index (χ0v) is 16.8. The van der Waals surface area contributed by atoms with Crippen molar-refractivity contribution in [2.24, 2.45) is 0 Å². The minimum atomic E-state index is -4.60. The molecule has 162 valence electrons. The fourth-order valence-corrected chi connectivity index (χ4v) is 3.61. The van der Waals surface area contributed by atoms with Gasteiger partial charge in [0, 0.05) is 12.2 Å². The van der Waals surface area contributed by atoms with Crippen molar-refractivity contribution in [3.05, 3.63) is 47.8 Å². The second-order valence-corrected chi connectivity index (χ2v) is 8.49. The summed E-state index contributed by atoms with van der Waals surface area (Å²) in [4.78, 5) is 26.7. The van der Waals surface area contributed by atoms with Crippen LogP contribution in [0.2, 0.25) is 0 Å². The third-order valence-corrected chi connectivity index (χ3v) is 5.51. The summed E-state index contributed by atoms with van der Waals surface area (Å²) in [6, 6.07) is 3.79. The number of carbonyl (C=O) groups excluding carboxylic acids is 2. The van der Waals surface area contributed by atoms with Crippen molar-refractivity contribution in [2.75, 3.05) is 12.3 Å². The average Bonchev–Trinajstić information content (AvgIpc) is 2.65. The Morgan fingerprint density at radius 2 is 1.73 bits per heavy atom. The molecule has 2 amide bonds. The lowest BCUT2D eigenvalue weighted by molar-refractivity contribution is -0.137. The summed E-state index contributed by atoms with van der Waals surface area (Å²) in [6.07, 6.45) is -3.73. The lowest BCUT2D eigenvalue weighted by atomic mass is 10.2. The van der Waals surface area contributed by atoms with Gasteiger partial charge in [0.1, 0.15) is 0 Å². The maximum Gasteiger partial charge on any atom is 0.416 e. The predicted molar refractivity (Wildman–Crippen MR) is 101 cm³/mol. The molecule has 0 bridgehead atoms. The number of nitrogens with two attached hydrogens (primary N) is 1. The van der Waals surface area contributed by atoms with Crippen LogP contribution in [0.15, 0.2) is 46.3 Å². The van der Waals surface area contributed by atoms with E-state index in [4.69, 9.17) is 5.73 Å². The van der Waals surface area contributed by atoms with Crippen LogP contribution in [-0.2, 0) is 20.8 Å². The first-order valence-corrected chi connectivity index (χ1v) is 10.1. The van der Waals surface area contributed by atoms with E-state index in [1.54, 1.807) is 13.8 Å². The van der Waals surface area contributed by atoms with E-state index < -0.39 is 38.3 Å². The molecule has 0 saturated carbocycles. The van der Waals surface area contributed by atoms with Crippen molar-refractivity contribution in [3.63, 3.8) is 0 Å². The number of alkyl halides is 3. The molecule has 30 heavy (non-hydrogen) atoms. The highest BCUT2D eigenvalue weighted by molar-refractivity contribution is 7.91. The topological polar surface area (TPSA) is 131 Å². The van der Waals surface area contributed by atoms with Crippen LogP contribution in [-0.4, -0.2) is 37.8 Å². The quantitative estimate of drug-likeness (QED) is 0.622. The van der Waals surface area contributed by atoms with Crippen molar-refractivity contribution >= 4 is 27.3 Å². The Morgan fingerprint density at radius 1 is 1.13 bits per heavy atom. The van der Waals surface area contributed by atoms with Crippen LogP contribution in [0.3, 0.4) is 0 Å². The SMILES string of the molecule is CC(C)NC(=O)CNC(=O)c1ncc(S(=O)(=O)c2ccc(C(F)(F)F)cc2)cc1N. The normalized spacial score (nSPS) is 11.9. The Labute approximate surface area is 170 Å². The molecule has 0 aliphatic carbocycles. The maximum atomic E-state index is 12.6. The number of nitrogen functional groups attached to an aromatic ring is 1. The minimum absolute atomic E-state index is 0.118. The van der Waals surface area contributed by atoms with E-state index >= 15 is 0 Å². The van der Waals surface area contributed by atoms with Gasteiger partial charge >= 0.3 is 6.18 Å². The monoisotopic (exact) mass is 444 g/mol. The number of hydrogen-bond donors (Lipinski definition) is 3. The molecule has 0 saturated heterocycles. The number of hydrogen-bond acceptors (Lipinski definition) is 6. The second-order valence-electron chi connectivity index (χ2n) is 6.54. The number of rotatable bonds is 6. The van der Waals surface area contributed by atoms with E-state index in [1.165, 1.54) is 0 Å². The van der Waals surface area contributed by atoms with Crippen LogP contribution >= 0.6 is 0 Å². The number of sulfone groups is 1. The molecule has 8 nitrogen and oxygen atoms in total. The van der Waals surface area contributed by atoms with Gasteiger partial charge in [-0.1, -0.05) is 0 Å². The largest absolute Gasteiger partial charge is 0.416 e. The number of anilines is 1. The molecule has 1 heterocycles. The molecule has 0 spiro atoms. The summed E-state index contributed by atoms with van der Waals surface area (Å²) < 4.78 is 63.2. The van der Waals surface area contributed by atoms with Gasteiger partial charge in [-0.25, -0.2) is 13.4 Å². The first-order valence-electron chi connectivity index (χ1n) is 8.58. The molecule has 0 unspecified atom stereocenters. The number of nitrogens with one attached hydrogen (secondary N) is 2. The smallest absolute Gasteiger partial charge is 0.397 e. The van der Waals surface area contributed by atoms with Crippen molar-refractivity contribution in [1.82, 2.24) is 15.6 Å². The van der Waals surface area contributed by atoms with Crippen molar-refractivity contribution in [2.45, 2.75) is 35.9 Å². The van der Waals surface area contributed by atoms with Gasteiger partial charge in [0.2, 0.25) is 15.7 Å². The predicted octanol–water partition coefficient (Wildman–Crippen LogP) is 1.77. The van der Waals surface area contributed by atoms with Crippen molar-refractivity contribution < 1.29 is 31.2 Å². The molecule has 1 aromatic carbocycles. The summed E-state index contributed by atoms with van der Waals surface area (Å²) in [5.41, 5.74) is 4.17. The Hall–Kier alpha value is -3.15. The molecule has 12 heteroatoms. The van der Waals surface area contributed by atoms with Crippen LogP contribution < -0.4 is 16.4 Å². The van der Waals surface area contributed by atoms with Crippen LogP contribution in [0, 0.1) is 0 Å². The number of aromatic nitrogens is 1. The van der Waals surface area contributed by atoms with E-state index in [9.17, 15) is 31.2 Å². The Morgan fingerprint density at radius 3 is 2.23 bits per heavy atom. The molecule has 4 N–H and O–H groups in total. The number of nitrogens with zero attached hydrogens (tertiary/aromatic N) is 1. The highest BCUT2D eigenvalue weighted by Gasteiger charge is 2.31. The molecule has 2 rings (SSSR count). The maximum absolute atomic E-state index is 12.6. The number of carbonyl (C=O) groups is 2. The van der Waals surface area contributed by atoms with Crippen LogP contribution in [0.25, 0.3) is 0 Å². The van der Waals surface area contributed by atoms with Crippen LogP contribution in [0.4, 0.5) is 18.9 Å². The van der Waals surface area contributed by atoms with Crippen LogP contribution in [0.5, 0.6) is 0 Å². The van der Waals surface area contributed by atoms with E-state index in [0.717, 1.165) is 24.4 Å². The molecular formula is C18H19F3N4O4S. The van der Waals surface area contributed by atoms with E-state index in [-0.39, 0.29) is 28.9 Å². The minimum Gasteiger partial charge on any atom is -0.397 e. The molecule has 0 aliphatic rings. The fourth-order valence-electron chi connectivity index (χ4n) is 2.37. The van der Waals surface area contributed by atoms with Crippen molar-refractivity contribution in [1.29, 1.82) is 0 Å². The van der Waals surface area contributed by atoms with E-state index in [0.29, 0.717) is 12.1 Å². The fraction of sp³-hybridized carbons (Fsp3) is 0.278.